The van der Waals surface area contributed by atoms with Crippen LogP contribution in [0.1, 0.15) is 25.3 Å². The fourth-order valence-electron chi connectivity index (χ4n) is 4.09. The molecular weight excluding hydrogens is 360 g/mol. The summed E-state index contributed by atoms with van der Waals surface area (Å²) in [7, 11) is 0. The lowest BCUT2D eigenvalue weighted by molar-refractivity contribution is -0.930. The van der Waals surface area contributed by atoms with Gasteiger partial charge in [-0.05, 0) is 56.6 Å². The maximum absolute atomic E-state index is 12.1. The molecule has 1 N–H and O–H groups in total. The number of nitrogens with zero attached hydrogens (tertiary/aromatic N) is 3. The van der Waals surface area contributed by atoms with Gasteiger partial charge in [-0.15, -0.1) is 5.10 Å². The number of para-hydroxylation sites is 1. The number of likely N-dealkylation sites (tertiary alicyclic amines) is 1. The van der Waals surface area contributed by atoms with E-state index in [0.717, 1.165) is 37.1 Å². The smallest absolute Gasteiger partial charge is 0.314 e. The number of pyridine rings is 1. The van der Waals surface area contributed by atoms with Crippen molar-refractivity contribution in [2.45, 2.75) is 33.4 Å². The Morgan fingerprint density at radius 2 is 2.22 bits per heavy atom. The van der Waals surface area contributed by atoms with Crippen LogP contribution in [0.15, 0.2) is 30.3 Å². The lowest BCUT2D eigenvalue weighted by Crippen LogP contribution is -3.13. The van der Waals surface area contributed by atoms with Gasteiger partial charge in [-0.2, -0.15) is 4.68 Å². The van der Waals surface area contributed by atoms with Gasteiger partial charge in [0.2, 0.25) is 4.77 Å². The number of rotatable bonds is 4. The maximum Gasteiger partial charge on any atom is 0.314 e. The molecule has 0 spiro atoms. The minimum absolute atomic E-state index is 0.0250. The molecule has 0 radical (unpaired) electrons. The van der Waals surface area contributed by atoms with E-state index >= 15 is 0 Å². The third kappa shape index (κ3) is 3.37. The van der Waals surface area contributed by atoms with Crippen molar-refractivity contribution >= 4 is 34.7 Å². The van der Waals surface area contributed by atoms with Crippen LogP contribution in [0.2, 0.25) is 0 Å². The molecular formula is C20H25N4O2S+. The van der Waals surface area contributed by atoms with E-state index in [2.05, 4.69) is 25.1 Å². The van der Waals surface area contributed by atoms with Gasteiger partial charge in [0, 0.05) is 5.39 Å². The van der Waals surface area contributed by atoms with Crippen LogP contribution < -0.4 is 4.90 Å². The number of esters is 1. The highest BCUT2D eigenvalue weighted by molar-refractivity contribution is 7.71. The quantitative estimate of drug-likeness (QED) is 0.552. The molecule has 1 aromatic carbocycles. The Morgan fingerprint density at radius 3 is 3.04 bits per heavy atom. The molecule has 1 fully saturated rings. The van der Waals surface area contributed by atoms with Crippen LogP contribution in [-0.4, -0.2) is 39.8 Å². The molecule has 2 atom stereocenters. The van der Waals surface area contributed by atoms with Gasteiger partial charge >= 0.3 is 5.97 Å². The van der Waals surface area contributed by atoms with Crippen LogP contribution in [0.25, 0.3) is 16.6 Å². The summed E-state index contributed by atoms with van der Waals surface area (Å²) in [5, 5.41) is 5.95. The van der Waals surface area contributed by atoms with Crippen LogP contribution in [0.4, 0.5) is 0 Å². The van der Waals surface area contributed by atoms with Gasteiger partial charge < -0.3 is 9.64 Å². The van der Waals surface area contributed by atoms with Crippen molar-refractivity contribution in [1.29, 1.82) is 0 Å². The van der Waals surface area contributed by atoms with Gasteiger partial charge in [0.1, 0.15) is 5.92 Å². The van der Waals surface area contributed by atoms with E-state index in [4.69, 9.17) is 22.1 Å². The number of ether oxygens (including phenoxy) is 1. The summed E-state index contributed by atoms with van der Waals surface area (Å²) >= 11 is 5.75. The van der Waals surface area contributed by atoms with E-state index in [1.807, 2.05) is 28.1 Å². The van der Waals surface area contributed by atoms with Crippen molar-refractivity contribution < 1.29 is 14.4 Å². The number of carbonyl (C=O) groups is 1. The molecule has 142 valence electrons. The summed E-state index contributed by atoms with van der Waals surface area (Å²) in [4.78, 5) is 13.4. The van der Waals surface area contributed by atoms with Gasteiger partial charge in [-0.3, -0.25) is 9.20 Å². The molecule has 1 unspecified atom stereocenters. The number of carbonyl (C=O) groups excluding carboxylic acids is 1. The lowest BCUT2D eigenvalue weighted by atomic mass is 9.99. The van der Waals surface area contributed by atoms with Gasteiger partial charge in [0.25, 0.3) is 0 Å². The minimum atomic E-state index is -0.0742. The van der Waals surface area contributed by atoms with Crippen LogP contribution in [0, 0.1) is 17.6 Å². The van der Waals surface area contributed by atoms with Crippen molar-refractivity contribution in [2.75, 3.05) is 19.7 Å². The average molecular weight is 386 g/mol. The summed E-state index contributed by atoms with van der Waals surface area (Å²) in [5.74, 6) is -0.0992. The summed E-state index contributed by atoms with van der Waals surface area (Å²) in [6.45, 7) is 6.86. The molecule has 1 saturated heterocycles. The van der Waals surface area contributed by atoms with Crippen molar-refractivity contribution in [3.63, 3.8) is 0 Å². The monoisotopic (exact) mass is 385 g/mol. The Hall–Kier alpha value is -2.25. The number of hydrogen-bond acceptors (Lipinski definition) is 4. The third-order valence-electron chi connectivity index (χ3n) is 5.39. The van der Waals surface area contributed by atoms with Crippen molar-refractivity contribution in [1.82, 2.24) is 14.2 Å². The predicted octanol–water partition coefficient (Wildman–Crippen LogP) is 2.14. The topological polar surface area (TPSA) is 53.0 Å². The molecule has 0 aliphatic carbocycles. The van der Waals surface area contributed by atoms with E-state index < -0.39 is 0 Å². The summed E-state index contributed by atoms with van der Waals surface area (Å²) in [6.07, 6.45) is 1.92. The first-order chi connectivity index (χ1) is 13.1. The number of fused-ring (bicyclic) bond motifs is 3. The number of benzene rings is 1. The number of aryl methyl sites for hydroxylation is 1. The zero-order chi connectivity index (χ0) is 19.0. The van der Waals surface area contributed by atoms with Crippen molar-refractivity contribution in [3.8, 4) is 0 Å². The second-order valence-electron chi connectivity index (χ2n) is 7.27. The van der Waals surface area contributed by atoms with Crippen LogP contribution >= 0.6 is 12.2 Å². The molecule has 0 saturated carbocycles. The van der Waals surface area contributed by atoms with E-state index in [1.54, 1.807) is 0 Å². The lowest BCUT2D eigenvalue weighted by Gasteiger charge is -2.28. The first-order valence-corrected chi connectivity index (χ1v) is 9.97. The van der Waals surface area contributed by atoms with Crippen LogP contribution in [0.5, 0.6) is 0 Å². The largest absolute Gasteiger partial charge is 0.466 e. The number of piperidine rings is 1. The van der Waals surface area contributed by atoms with Gasteiger partial charge in [0.05, 0.1) is 25.2 Å². The van der Waals surface area contributed by atoms with Gasteiger partial charge in [-0.25, -0.2) is 0 Å². The van der Waals surface area contributed by atoms with Crippen LogP contribution in [0.3, 0.4) is 0 Å². The molecule has 7 heteroatoms. The van der Waals surface area contributed by atoms with E-state index in [0.29, 0.717) is 18.0 Å². The third-order valence-corrected chi connectivity index (χ3v) is 5.78. The standard InChI is InChI=1S/C20H24N4O2S/c1-3-26-19(25)15-7-6-10-22(12-15)13-23-20(27)24-17-9-5-4-8-16(17)14(2)11-18(24)21-23/h4-5,8-9,11,15H,3,6-7,10,12-13H2,1-2H3/p+1/t15-/m1/s1. The van der Waals surface area contributed by atoms with E-state index in [1.165, 1.54) is 15.8 Å². The van der Waals surface area contributed by atoms with Gasteiger partial charge in [-0.1, -0.05) is 18.2 Å². The normalized spacial score (nSPS) is 20.2. The maximum atomic E-state index is 12.1. The zero-order valence-corrected chi connectivity index (χ0v) is 16.6. The number of hydrogen-bond donors (Lipinski definition) is 1. The Labute approximate surface area is 163 Å². The Balaban J connectivity index is 1.65. The molecule has 0 bridgehead atoms. The summed E-state index contributed by atoms with van der Waals surface area (Å²) < 4.78 is 9.86. The Bertz CT molecular complexity index is 1060. The van der Waals surface area contributed by atoms with E-state index in [9.17, 15) is 4.79 Å². The molecule has 1 aliphatic rings. The minimum Gasteiger partial charge on any atom is -0.466 e. The molecule has 6 nitrogen and oxygen atoms in total. The molecule has 4 rings (SSSR count). The first kappa shape index (κ1) is 18.1. The molecule has 3 aromatic rings. The number of quaternary nitrogens is 1. The highest BCUT2D eigenvalue weighted by Gasteiger charge is 2.30. The number of aromatic nitrogens is 3. The molecule has 3 heterocycles. The summed E-state index contributed by atoms with van der Waals surface area (Å²) in [5.41, 5.74) is 3.15. The second-order valence-corrected chi connectivity index (χ2v) is 7.64. The van der Waals surface area contributed by atoms with E-state index in [-0.39, 0.29) is 11.9 Å². The van der Waals surface area contributed by atoms with Crippen LogP contribution in [-0.2, 0) is 16.2 Å². The van der Waals surface area contributed by atoms with Gasteiger partial charge in [0.15, 0.2) is 12.3 Å². The van der Waals surface area contributed by atoms with Crippen molar-refractivity contribution in [2.24, 2.45) is 5.92 Å². The predicted molar refractivity (Wildman–Crippen MR) is 106 cm³/mol. The zero-order valence-electron chi connectivity index (χ0n) is 15.8. The SMILES string of the molecule is CCOC(=O)[C@@H]1CCC[NH+](Cn2nc3cc(C)c4ccccc4n3c2=S)C1. The average Bonchev–Trinajstić information content (AvgIpc) is 2.98. The Morgan fingerprint density at radius 1 is 1.41 bits per heavy atom. The molecule has 1 aliphatic heterocycles. The number of nitrogens with one attached hydrogen (secondary N) is 1. The first-order valence-electron chi connectivity index (χ1n) is 9.56. The molecule has 27 heavy (non-hydrogen) atoms. The van der Waals surface area contributed by atoms with Crippen molar-refractivity contribution in [3.05, 3.63) is 40.7 Å². The Kier molecular flexibility index (Phi) is 4.97. The highest BCUT2D eigenvalue weighted by Crippen LogP contribution is 2.21. The molecule has 2 aromatic heterocycles. The fraction of sp³-hybridized carbons (Fsp3) is 0.450. The summed E-state index contributed by atoms with van der Waals surface area (Å²) in [6, 6.07) is 10.4. The highest BCUT2D eigenvalue weighted by atomic mass is 32.1. The molecule has 0 amide bonds. The fourth-order valence-corrected chi connectivity index (χ4v) is 4.39. The second kappa shape index (κ2) is 7.40.